The minimum Gasteiger partial charge on any atom is -0.495 e. The molecule has 5 nitrogen and oxygen atoms in total. The number of nitrogens with one attached hydrogen (secondary N) is 2. The average Bonchev–Trinajstić information content (AvgIpc) is 2.49. The van der Waals surface area contributed by atoms with Crippen LogP contribution in [0.2, 0.25) is 5.02 Å². The van der Waals surface area contributed by atoms with E-state index in [4.69, 9.17) is 16.3 Å². The minimum absolute atomic E-state index is 0.0794. The number of hydrogen-bond acceptors (Lipinski definition) is 3. The number of methoxy groups -OCH3 is 1. The fraction of sp³-hybridized carbons (Fsp3) is 0.500. The molecule has 6 heteroatoms. The second-order valence-electron chi connectivity index (χ2n) is 5.73. The van der Waals surface area contributed by atoms with Crippen LogP contribution in [0.3, 0.4) is 0 Å². The van der Waals surface area contributed by atoms with Gasteiger partial charge in [-0.25, -0.2) is 0 Å². The van der Waals surface area contributed by atoms with E-state index in [1.165, 1.54) is 7.11 Å². The third-order valence-electron chi connectivity index (χ3n) is 3.97. The topological polar surface area (TPSA) is 67.4 Å². The monoisotopic (exact) mass is 324 g/mol. The Morgan fingerprint density at radius 2 is 1.86 bits per heavy atom. The maximum atomic E-state index is 12.0. The predicted molar refractivity (Wildman–Crippen MR) is 86.2 cm³/mol. The number of benzene rings is 1. The smallest absolute Gasteiger partial charge is 0.313 e. The Morgan fingerprint density at radius 3 is 2.50 bits per heavy atom. The first-order chi connectivity index (χ1) is 10.5. The number of carbonyl (C=O) groups is 2. The lowest BCUT2D eigenvalue weighted by Crippen LogP contribution is -2.43. The van der Waals surface area contributed by atoms with Crippen LogP contribution >= 0.6 is 11.6 Å². The summed E-state index contributed by atoms with van der Waals surface area (Å²) in [6.07, 6.45) is 3.99. The third kappa shape index (κ3) is 4.37. The molecule has 1 aromatic rings. The summed E-state index contributed by atoms with van der Waals surface area (Å²) in [6, 6.07) is 4.92. The van der Waals surface area contributed by atoms with Crippen molar-refractivity contribution < 1.29 is 14.3 Å². The van der Waals surface area contributed by atoms with E-state index >= 15 is 0 Å². The average molecular weight is 325 g/mol. The third-order valence-corrected chi connectivity index (χ3v) is 4.20. The molecule has 0 aromatic heterocycles. The lowest BCUT2D eigenvalue weighted by Gasteiger charge is -2.26. The van der Waals surface area contributed by atoms with Crippen LogP contribution in [0.1, 0.15) is 32.6 Å². The summed E-state index contributed by atoms with van der Waals surface area (Å²) < 4.78 is 5.14. The van der Waals surface area contributed by atoms with E-state index in [0.29, 0.717) is 22.4 Å². The molecule has 1 fully saturated rings. The molecular formula is C16H21ClN2O3. The number of hydrogen-bond donors (Lipinski definition) is 2. The van der Waals surface area contributed by atoms with Crippen LogP contribution in [-0.2, 0) is 9.59 Å². The first-order valence-electron chi connectivity index (χ1n) is 7.45. The van der Waals surface area contributed by atoms with Gasteiger partial charge in [0.1, 0.15) is 5.75 Å². The highest BCUT2D eigenvalue weighted by atomic mass is 35.5. The summed E-state index contributed by atoms with van der Waals surface area (Å²) in [6.45, 7) is 2.20. The van der Waals surface area contributed by atoms with Crippen LogP contribution < -0.4 is 15.4 Å². The zero-order valence-electron chi connectivity index (χ0n) is 12.8. The van der Waals surface area contributed by atoms with Crippen molar-refractivity contribution in [3.05, 3.63) is 23.2 Å². The summed E-state index contributed by atoms with van der Waals surface area (Å²) >= 11 is 5.90. The maximum absolute atomic E-state index is 12.0. The van der Waals surface area contributed by atoms with Gasteiger partial charge in [0, 0.05) is 11.1 Å². The van der Waals surface area contributed by atoms with Crippen LogP contribution in [0.4, 0.5) is 5.69 Å². The molecule has 2 amide bonds. The zero-order valence-corrected chi connectivity index (χ0v) is 13.6. The van der Waals surface area contributed by atoms with E-state index in [0.717, 1.165) is 25.7 Å². The molecule has 1 saturated carbocycles. The van der Waals surface area contributed by atoms with Crippen LogP contribution in [0.15, 0.2) is 18.2 Å². The van der Waals surface area contributed by atoms with Gasteiger partial charge in [-0.15, -0.1) is 0 Å². The fourth-order valence-corrected chi connectivity index (χ4v) is 2.78. The number of halogens is 1. The second-order valence-corrected chi connectivity index (χ2v) is 6.17. The molecule has 120 valence electrons. The molecule has 2 N–H and O–H groups in total. The van der Waals surface area contributed by atoms with Gasteiger partial charge in [0.05, 0.1) is 12.8 Å². The first kappa shape index (κ1) is 16.6. The summed E-state index contributed by atoms with van der Waals surface area (Å²) in [5.74, 6) is -0.185. The molecule has 0 unspecified atom stereocenters. The van der Waals surface area contributed by atoms with E-state index in [9.17, 15) is 9.59 Å². The largest absolute Gasteiger partial charge is 0.495 e. The number of ether oxygens (including phenoxy) is 1. The van der Waals surface area contributed by atoms with Crippen molar-refractivity contribution in [3.8, 4) is 5.75 Å². The minimum atomic E-state index is -0.709. The van der Waals surface area contributed by atoms with E-state index in [1.54, 1.807) is 18.2 Å². The second kappa shape index (κ2) is 7.49. The molecule has 1 aliphatic rings. The Labute approximate surface area is 135 Å². The van der Waals surface area contributed by atoms with Gasteiger partial charge in [0.15, 0.2) is 0 Å². The number of amides is 2. The number of anilines is 1. The molecule has 0 heterocycles. The molecule has 0 saturated heterocycles. The molecule has 0 radical (unpaired) electrons. The van der Waals surface area contributed by atoms with Gasteiger partial charge in [-0.2, -0.15) is 0 Å². The van der Waals surface area contributed by atoms with Crippen molar-refractivity contribution in [3.63, 3.8) is 0 Å². The van der Waals surface area contributed by atoms with Gasteiger partial charge in [-0.1, -0.05) is 18.5 Å². The Balaban J connectivity index is 1.94. The van der Waals surface area contributed by atoms with Gasteiger partial charge in [-0.05, 0) is 49.8 Å². The van der Waals surface area contributed by atoms with E-state index in [1.807, 2.05) is 0 Å². The van der Waals surface area contributed by atoms with Gasteiger partial charge in [0.25, 0.3) is 0 Å². The fourth-order valence-electron chi connectivity index (χ4n) is 2.61. The maximum Gasteiger partial charge on any atom is 0.313 e. The Kier molecular flexibility index (Phi) is 5.66. The lowest BCUT2D eigenvalue weighted by molar-refractivity contribution is -0.136. The van der Waals surface area contributed by atoms with Gasteiger partial charge < -0.3 is 15.4 Å². The van der Waals surface area contributed by atoms with Crippen molar-refractivity contribution in [2.75, 3.05) is 12.4 Å². The van der Waals surface area contributed by atoms with Crippen LogP contribution in [-0.4, -0.2) is 25.0 Å². The molecule has 2 rings (SSSR count). The molecule has 0 bridgehead atoms. The summed E-state index contributed by atoms with van der Waals surface area (Å²) in [5, 5.41) is 5.78. The highest BCUT2D eigenvalue weighted by Gasteiger charge is 2.23. The van der Waals surface area contributed by atoms with E-state index in [-0.39, 0.29) is 6.04 Å². The van der Waals surface area contributed by atoms with Crippen molar-refractivity contribution in [1.82, 2.24) is 5.32 Å². The van der Waals surface area contributed by atoms with Crippen molar-refractivity contribution in [2.45, 2.75) is 38.6 Å². The number of carbonyl (C=O) groups excluding carboxylic acids is 2. The van der Waals surface area contributed by atoms with Gasteiger partial charge in [-0.3, -0.25) is 9.59 Å². The first-order valence-corrected chi connectivity index (χ1v) is 7.82. The molecule has 0 aliphatic heterocycles. The lowest BCUT2D eigenvalue weighted by atomic mass is 9.87. The predicted octanol–water partition coefficient (Wildman–Crippen LogP) is 2.98. The molecular weight excluding hydrogens is 304 g/mol. The standard InChI is InChI=1S/C16H21ClN2O3/c1-10-3-6-12(7-4-10)18-15(20)16(21)19-13-9-11(17)5-8-14(13)22-2/h5,8-10,12H,3-4,6-7H2,1-2H3,(H,18,20)(H,19,21). The van der Waals surface area contributed by atoms with Crippen LogP contribution in [0.25, 0.3) is 0 Å². The van der Waals surface area contributed by atoms with Gasteiger partial charge in [0.2, 0.25) is 0 Å². The SMILES string of the molecule is COc1ccc(Cl)cc1NC(=O)C(=O)NC1CCC(C)CC1. The number of rotatable bonds is 3. The molecule has 22 heavy (non-hydrogen) atoms. The molecule has 0 spiro atoms. The highest BCUT2D eigenvalue weighted by Crippen LogP contribution is 2.27. The van der Waals surface area contributed by atoms with E-state index in [2.05, 4.69) is 17.6 Å². The van der Waals surface area contributed by atoms with Crippen LogP contribution in [0.5, 0.6) is 5.75 Å². The van der Waals surface area contributed by atoms with Gasteiger partial charge >= 0.3 is 11.8 Å². The Bertz CT molecular complexity index is 554. The summed E-state index contributed by atoms with van der Waals surface area (Å²) in [7, 11) is 1.49. The van der Waals surface area contributed by atoms with E-state index < -0.39 is 11.8 Å². The molecule has 0 atom stereocenters. The normalized spacial score (nSPS) is 21.0. The summed E-state index contributed by atoms with van der Waals surface area (Å²) in [5.41, 5.74) is 0.382. The highest BCUT2D eigenvalue weighted by molar-refractivity contribution is 6.40. The molecule has 1 aromatic carbocycles. The Hall–Kier alpha value is -1.75. The van der Waals surface area contributed by atoms with Crippen molar-refractivity contribution >= 4 is 29.1 Å². The summed E-state index contributed by atoms with van der Waals surface area (Å²) in [4.78, 5) is 24.0. The Morgan fingerprint density at radius 1 is 1.18 bits per heavy atom. The zero-order chi connectivity index (χ0) is 16.1. The van der Waals surface area contributed by atoms with Crippen LogP contribution in [0, 0.1) is 5.92 Å². The molecule has 1 aliphatic carbocycles. The quantitative estimate of drug-likeness (QED) is 0.840. The van der Waals surface area contributed by atoms with Crippen molar-refractivity contribution in [2.24, 2.45) is 5.92 Å². The van der Waals surface area contributed by atoms with Crippen molar-refractivity contribution in [1.29, 1.82) is 0 Å².